The highest BCUT2D eigenvalue weighted by Crippen LogP contribution is 2.21. The van der Waals surface area contributed by atoms with Crippen LogP contribution in [0, 0.1) is 0 Å². The zero-order valence-electron chi connectivity index (χ0n) is 13.4. The molecule has 2 heterocycles. The minimum absolute atomic E-state index is 0.150. The molecule has 7 heteroatoms. The largest absolute Gasteiger partial charge is 0.497 e. The fourth-order valence-corrected chi connectivity index (χ4v) is 3.11. The van der Waals surface area contributed by atoms with Crippen LogP contribution in [0.3, 0.4) is 0 Å². The predicted octanol–water partition coefficient (Wildman–Crippen LogP) is 2.97. The van der Waals surface area contributed by atoms with E-state index >= 15 is 0 Å². The zero-order chi connectivity index (χ0) is 17.2. The molecule has 4 aromatic rings. The normalized spacial score (nSPS) is 10.9. The molecule has 0 aliphatic rings. The quantitative estimate of drug-likeness (QED) is 0.566. The van der Waals surface area contributed by atoms with Gasteiger partial charge in [-0.25, -0.2) is 4.68 Å². The van der Waals surface area contributed by atoms with Crippen LogP contribution in [0.1, 0.15) is 5.56 Å². The second-order valence-electron chi connectivity index (χ2n) is 5.53. The first-order valence-electron chi connectivity index (χ1n) is 7.67. The third-order valence-corrected chi connectivity index (χ3v) is 4.44. The van der Waals surface area contributed by atoms with E-state index in [1.807, 2.05) is 42.5 Å². The van der Waals surface area contributed by atoms with Crippen LogP contribution in [-0.2, 0) is 6.54 Å². The molecule has 2 aromatic heterocycles. The molecule has 4 rings (SSSR count). The molecule has 0 unspecified atom stereocenters. The van der Waals surface area contributed by atoms with Crippen LogP contribution in [0.5, 0.6) is 5.75 Å². The Labute approximate surface area is 147 Å². The Balaban J connectivity index is 1.70. The smallest absolute Gasteiger partial charge is 0.267 e. The Morgan fingerprint density at radius 2 is 1.92 bits per heavy atom. The van der Waals surface area contributed by atoms with E-state index in [4.69, 9.17) is 4.74 Å². The van der Waals surface area contributed by atoms with Gasteiger partial charge in [0, 0.05) is 11.6 Å². The summed E-state index contributed by atoms with van der Waals surface area (Å²) in [5.74, 6) is 0.749. The summed E-state index contributed by atoms with van der Waals surface area (Å²) >= 11 is 1.18. The van der Waals surface area contributed by atoms with Crippen molar-refractivity contribution in [2.24, 2.45) is 0 Å². The lowest BCUT2D eigenvalue weighted by Gasteiger charge is -2.08. The number of methoxy groups -OCH3 is 1. The van der Waals surface area contributed by atoms with E-state index in [0.717, 1.165) is 33.6 Å². The van der Waals surface area contributed by atoms with Crippen LogP contribution in [0.2, 0.25) is 0 Å². The number of ether oxygens (including phenoxy) is 1. The van der Waals surface area contributed by atoms with E-state index in [9.17, 15) is 4.79 Å². The molecule has 0 spiro atoms. The summed E-state index contributed by atoms with van der Waals surface area (Å²) in [6, 6.07) is 16.6. The minimum Gasteiger partial charge on any atom is -0.497 e. The van der Waals surface area contributed by atoms with Gasteiger partial charge in [-0.3, -0.25) is 4.79 Å². The minimum atomic E-state index is -0.150. The van der Waals surface area contributed by atoms with Gasteiger partial charge in [-0.2, -0.15) is 13.8 Å². The SMILES string of the molecule is COc1cccc(-c2ccc(=O)n(Cc3ccc4nsnc4c3)n2)c1. The number of nitrogens with zero attached hydrogens (tertiary/aromatic N) is 4. The van der Waals surface area contributed by atoms with E-state index in [1.165, 1.54) is 22.5 Å². The van der Waals surface area contributed by atoms with Gasteiger partial charge in [0.15, 0.2) is 0 Å². The summed E-state index contributed by atoms with van der Waals surface area (Å²) in [5, 5.41) is 4.50. The van der Waals surface area contributed by atoms with Crippen LogP contribution in [0.4, 0.5) is 0 Å². The molecule has 0 saturated carbocycles. The number of benzene rings is 2. The molecule has 2 aromatic carbocycles. The van der Waals surface area contributed by atoms with E-state index in [0.29, 0.717) is 6.54 Å². The third-order valence-electron chi connectivity index (χ3n) is 3.88. The van der Waals surface area contributed by atoms with Crippen LogP contribution < -0.4 is 10.3 Å². The highest BCUT2D eigenvalue weighted by Gasteiger charge is 2.07. The summed E-state index contributed by atoms with van der Waals surface area (Å²) in [6.07, 6.45) is 0. The van der Waals surface area contributed by atoms with E-state index in [1.54, 1.807) is 13.2 Å². The Bertz CT molecular complexity index is 1100. The molecule has 0 aliphatic heterocycles. The monoisotopic (exact) mass is 350 g/mol. The number of hydrogen-bond acceptors (Lipinski definition) is 6. The van der Waals surface area contributed by atoms with Gasteiger partial charge in [0.2, 0.25) is 0 Å². The fraction of sp³-hybridized carbons (Fsp3) is 0.111. The van der Waals surface area contributed by atoms with Crippen LogP contribution in [0.25, 0.3) is 22.3 Å². The lowest BCUT2D eigenvalue weighted by molar-refractivity contribution is 0.415. The molecule has 0 radical (unpaired) electrons. The van der Waals surface area contributed by atoms with E-state index in [-0.39, 0.29) is 5.56 Å². The number of fused-ring (bicyclic) bond motifs is 1. The first-order chi connectivity index (χ1) is 12.2. The Morgan fingerprint density at radius 1 is 1.04 bits per heavy atom. The summed E-state index contributed by atoms with van der Waals surface area (Å²) in [4.78, 5) is 12.2. The third kappa shape index (κ3) is 3.14. The molecule has 0 N–H and O–H groups in total. The molecule has 0 amide bonds. The van der Waals surface area contributed by atoms with Crippen LogP contribution >= 0.6 is 11.7 Å². The topological polar surface area (TPSA) is 69.9 Å². The Morgan fingerprint density at radius 3 is 2.80 bits per heavy atom. The van der Waals surface area contributed by atoms with Gasteiger partial charge in [0.05, 0.1) is 31.1 Å². The van der Waals surface area contributed by atoms with Crippen molar-refractivity contribution in [2.75, 3.05) is 7.11 Å². The highest BCUT2D eigenvalue weighted by atomic mass is 32.1. The maximum Gasteiger partial charge on any atom is 0.267 e. The second kappa shape index (κ2) is 6.45. The molecule has 0 bridgehead atoms. The van der Waals surface area contributed by atoms with Gasteiger partial charge in [-0.1, -0.05) is 18.2 Å². The number of aromatic nitrogens is 4. The van der Waals surface area contributed by atoms with Gasteiger partial charge >= 0.3 is 0 Å². The maximum absolute atomic E-state index is 12.2. The Hall–Kier alpha value is -3.06. The molecule has 124 valence electrons. The van der Waals surface area contributed by atoms with Gasteiger partial charge in [0.1, 0.15) is 16.8 Å². The molecular weight excluding hydrogens is 336 g/mol. The Kier molecular flexibility index (Phi) is 3.99. The van der Waals surface area contributed by atoms with Gasteiger partial charge in [0.25, 0.3) is 5.56 Å². The summed E-state index contributed by atoms with van der Waals surface area (Å²) in [6.45, 7) is 0.379. The van der Waals surface area contributed by atoms with Crippen molar-refractivity contribution >= 4 is 22.8 Å². The van der Waals surface area contributed by atoms with Crippen molar-refractivity contribution in [3.8, 4) is 17.0 Å². The van der Waals surface area contributed by atoms with Crippen LogP contribution in [0.15, 0.2) is 59.4 Å². The average molecular weight is 350 g/mol. The number of rotatable bonds is 4. The van der Waals surface area contributed by atoms with Crippen molar-refractivity contribution < 1.29 is 4.74 Å². The average Bonchev–Trinajstić information content (AvgIpc) is 3.11. The second-order valence-corrected chi connectivity index (χ2v) is 6.06. The first kappa shape index (κ1) is 15.5. The predicted molar refractivity (Wildman–Crippen MR) is 97.0 cm³/mol. The van der Waals surface area contributed by atoms with Crippen molar-refractivity contribution in [1.29, 1.82) is 0 Å². The molecular formula is C18H14N4O2S. The fourth-order valence-electron chi connectivity index (χ4n) is 2.60. The zero-order valence-corrected chi connectivity index (χ0v) is 14.2. The van der Waals surface area contributed by atoms with E-state index < -0.39 is 0 Å². The standard InChI is InChI=1S/C18H14N4O2S/c1-24-14-4-2-3-13(10-14)15-7-8-18(23)22(19-15)11-12-5-6-16-17(9-12)21-25-20-16/h2-10H,11H2,1H3. The van der Waals surface area contributed by atoms with Crippen molar-refractivity contribution in [2.45, 2.75) is 6.54 Å². The summed E-state index contributed by atoms with van der Waals surface area (Å²) < 4.78 is 15.1. The molecule has 0 fully saturated rings. The highest BCUT2D eigenvalue weighted by molar-refractivity contribution is 7.00. The molecule has 6 nitrogen and oxygen atoms in total. The molecule has 25 heavy (non-hydrogen) atoms. The number of hydrogen-bond donors (Lipinski definition) is 0. The molecule has 0 saturated heterocycles. The van der Waals surface area contributed by atoms with Crippen molar-refractivity contribution in [1.82, 2.24) is 18.5 Å². The summed E-state index contributed by atoms with van der Waals surface area (Å²) in [7, 11) is 1.62. The van der Waals surface area contributed by atoms with Crippen LogP contribution in [-0.4, -0.2) is 25.6 Å². The summed E-state index contributed by atoms with van der Waals surface area (Å²) in [5.41, 5.74) is 4.11. The lowest BCUT2D eigenvalue weighted by atomic mass is 10.1. The van der Waals surface area contributed by atoms with Gasteiger partial charge < -0.3 is 4.74 Å². The van der Waals surface area contributed by atoms with Gasteiger partial charge in [-0.05, 0) is 35.9 Å². The molecule has 0 aliphatic carbocycles. The van der Waals surface area contributed by atoms with E-state index in [2.05, 4.69) is 13.8 Å². The van der Waals surface area contributed by atoms with Crippen molar-refractivity contribution in [3.63, 3.8) is 0 Å². The van der Waals surface area contributed by atoms with Gasteiger partial charge in [-0.15, -0.1) is 0 Å². The maximum atomic E-state index is 12.2. The lowest BCUT2D eigenvalue weighted by Crippen LogP contribution is -2.22. The van der Waals surface area contributed by atoms with Crippen molar-refractivity contribution in [3.05, 3.63) is 70.5 Å². The molecule has 0 atom stereocenters. The first-order valence-corrected chi connectivity index (χ1v) is 8.40.